The van der Waals surface area contributed by atoms with Gasteiger partial charge in [0.2, 0.25) is 10.0 Å². The Kier molecular flexibility index (Phi) is 4.65. The maximum absolute atomic E-state index is 13.0. The van der Waals surface area contributed by atoms with Crippen LogP contribution in [-0.4, -0.2) is 25.4 Å². The van der Waals surface area contributed by atoms with Crippen LogP contribution in [0.4, 0.5) is 0 Å². The highest BCUT2D eigenvalue weighted by Gasteiger charge is 2.28. The van der Waals surface area contributed by atoms with Crippen molar-refractivity contribution >= 4 is 10.0 Å². The fraction of sp³-hybridized carbons (Fsp3) is 0.368. The SMILES string of the molecule is Cc1cc(S(=O)(=O)N2CCc3ccccc3C2)ccc1OC(C)C. The zero-order chi connectivity index (χ0) is 17.3. The van der Waals surface area contributed by atoms with Gasteiger partial charge in [0.15, 0.2) is 0 Å². The predicted molar refractivity (Wildman–Crippen MR) is 94.7 cm³/mol. The van der Waals surface area contributed by atoms with Crippen molar-refractivity contribution in [3.8, 4) is 5.75 Å². The van der Waals surface area contributed by atoms with Gasteiger partial charge in [0.1, 0.15) is 5.75 Å². The van der Waals surface area contributed by atoms with Gasteiger partial charge in [-0.2, -0.15) is 4.31 Å². The predicted octanol–water partition coefficient (Wildman–Crippen LogP) is 3.53. The van der Waals surface area contributed by atoms with Crippen molar-refractivity contribution in [2.24, 2.45) is 0 Å². The van der Waals surface area contributed by atoms with Crippen molar-refractivity contribution in [1.82, 2.24) is 4.31 Å². The van der Waals surface area contributed by atoms with Gasteiger partial charge in [-0.05, 0) is 62.1 Å². The van der Waals surface area contributed by atoms with E-state index in [0.717, 1.165) is 23.3 Å². The standard InChI is InChI=1S/C19H23NO3S/c1-14(2)23-19-9-8-18(12-15(19)3)24(21,22)20-11-10-16-6-4-5-7-17(16)13-20/h4-9,12,14H,10-11,13H2,1-3H3. The molecule has 0 fully saturated rings. The summed E-state index contributed by atoms with van der Waals surface area (Å²) in [6, 6.07) is 13.1. The highest BCUT2D eigenvalue weighted by atomic mass is 32.2. The van der Waals surface area contributed by atoms with Crippen molar-refractivity contribution in [1.29, 1.82) is 0 Å². The van der Waals surface area contributed by atoms with Crippen LogP contribution in [-0.2, 0) is 23.0 Å². The summed E-state index contributed by atoms with van der Waals surface area (Å²) >= 11 is 0. The van der Waals surface area contributed by atoms with E-state index in [1.165, 1.54) is 5.56 Å². The lowest BCUT2D eigenvalue weighted by Gasteiger charge is -2.28. The number of hydrogen-bond donors (Lipinski definition) is 0. The first-order chi connectivity index (χ1) is 11.4. The average molecular weight is 345 g/mol. The molecular formula is C19H23NO3S. The van der Waals surface area contributed by atoms with E-state index in [1.54, 1.807) is 22.5 Å². The van der Waals surface area contributed by atoms with E-state index in [2.05, 4.69) is 6.07 Å². The summed E-state index contributed by atoms with van der Waals surface area (Å²) in [6.45, 7) is 6.73. The molecule has 24 heavy (non-hydrogen) atoms. The zero-order valence-corrected chi connectivity index (χ0v) is 15.1. The third-order valence-corrected chi connectivity index (χ3v) is 6.08. The monoisotopic (exact) mass is 345 g/mol. The first-order valence-corrected chi connectivity index (χ1v) is 9.66. The van der Waals surface area contributed by atoms with Crippen LogP contribution in [0.15, 0.2) is 47.4 Å². The second-order valence-electron chi connectivity index (χ2n) is 6.45. The van der Waals surface area contributed by atoms with Crippen molar-refractivity contribution in [2.45, 2.75) is 44.7 Å². The normalized spacial score (nSPS) is 15.3. The molecule has 3 rings (SSSR count). The van der Waals surface area contributed by atoms with E-state index < -0.39 is 10.0 Å². The highest BCUT2D eigenvalue weighted by molar-refractivity contribution is 7.89. The Labute approximate surface area is 144 Å². The van der Waals surface area contributed by atoms with E-state index >= 15 is 0 Å². The molecule has 2 aromatic carbocycles. The molecule has 0 aromatic heterocycles. The van der Waals surface area contributed by atoms with Gasteiger partial charge >= 0.3 is 0 Å². The largest absolute Gasteiger partial charge is 0.491 e. The van der Waals surface area contributed by atoms with Crippen LogP contribution in [0.5, 0.6) is 5.75 Å². The van der Waals surface area contributed by atoms with Crippen LogP contribution in [0.3, 0.4) is 0 Å². The number of aryl methyl sites for hydroxylation is 1. The summed E-state index contributed by atoms with van der Waals surface area (Å²) in [5, 5.41) is 0. The maximum atomic E-state index is 13.0. The zero-order valence-electron chi connectivity index (χ0n) is 14.3. The topological polar surface area (TPSA) is 46.6 Å². The molecule has 0 amide bonds. The molecule has 0 saturated heterocycles. The van der Waals surface area contributed by atoms with Gasteiger partial charge in [-0.1, -0.05) is 24.3 Å². The molecule has 0 spiro atoms. The second kappa shape index (κ2) is 6.57. The van der Waals surface area contributed by atoms with Gasteiger partial charge in [0, 0.05) is 13.1 Å². The van der Waals surface area contributed by atoms with Crippen molar-refractivity contribution in [2.75, 3.05) is 6.54 Å². The number of ether oxygens (including phenoxy) is 1. The van der Waals surface area contributed by atoms with Gasteiger partial charge in [-0.15, -0.1) is 0 Å². The molecule has 1 aliphatic rings. The first kappa shape index (κ1) is 17.0. The molecule has 1 aliphatic heterocycles. The van der Waals surface area contributed by atoms with E-state index in [4.69, 9.17) is 4.74 Å². The van der Waals surface area contributed by atoms with Crippen LogP contribution in [0, 0.1) is 6.92 Å². The number of hydrogen-bond acceptors (Lipinski definition) is 3. The second-order valence-corrected chi connectivity index (χ2v) is 8.39. The van der Waals surface area contributed by atoms with Gasteiger partial charge in [0.05, 0.1) is 11.0 Å². The maximum Gasteiger partial charge on any atom is 0.243 e. The van der Waals surface area contributed by atoms with E-state index in [1.807, 2.05) is 39.0 Å². The van der Waals surface area contributed by atoms with Crippen molar-refractivity contribution in [3.63, 3.8) is 0 Å². The Hall–Kier alpha value is -1.85. The molecule has 1 heterocycles. The molecule has 0 radical (unpaired) electrons. The Morgan fingerprint density at radius 2 is 1.79 bits per heavy atom. The summed E-state index contributed by atoms with van der Waals surface area (Å²) in [5.74, 6) is 0.730. The molecule has 5 heteroatoms. The van der Waals surface area contributed by atoms with E-state index in [-0.39, 0.29) is 6.10 Å². The summed E-state index contributed by atoms with van der Waals surface area (Å²) < 4.78 is 33.2. The number of benzene rings is 2. The smallest absolute Gasteiger partial charge is 0.243 e. The number of nitrogens with zero attached hydrogens (tertiary/aromatic N) is 1. The molecule has 0 N–H and O–H groups in total. The lowest BCUT2D eigenvalue weighted by atomic mass is 10.0. The van der Waals surface area contributed by atoms with Gasteiger partial charge in [-0.3, -0.25) is 0 Å². The Morgan fingerprint density at radius 1 is 1.08 bits per heavy atom. The van der Waals surface area contributed by atoms with Crippen LogP contribution in [0.1, 0.15) is 30.5 Å². The minimum atomic E-state index is -3.49. The third kappa shape index (κ3) is 3.32. The number of rotatable bonds is 4. The molecule has 4 nitrogen and oxygen atoms in total. The average Bonchev–Trinajstić information content (AvgIpc) is 2.55. The molecule has 0 saturated carbocycles. The minimum Gasteiger partial charge on any atom is -0.491 e. The molecule has 0 unspecified atom stereocenters. The minimum absolute atomic E-state index is 0.0600. The third-order valence-electron chi connectivity index (χ3n) is 4.24. The van der Waals surface area contributed by atoms with E-state index in [0.29, 0.717) is 18.0 Å². The van der Waals surface area contributed by atoms with Gasteiger partial charge in [-0.25, -0.2) is 8.42 Å². The summed E-state index contributed by atoms with van der Waals surface area (Å²) in [5.41, 5.74) is 3.16. The van der Waals surface area contributed by atoms with Gasteiger partial charge in [0.25, 0.3) is 0 Å². The Bertz CT molecular complexity index is 843. The fourth-order valence-electron chi connectivity index (χ4n) is 2.99. The number of fused-ring (bicyclic) bond motifs is 1. The Balaban J connectivity index is 1.87. The molecule has 2 aromatic rings. The first-order valence-electron chi connectivity index (χ1n) is 8.22. The lowest BCUT2D eigenvalue weighted by molar-refractivity contribution is 0.240. The van der Waals surface area contributed by atoms with Crippen LogP contribution >= 0.6 is 0 Å². The summed E-state index contributed by atoms with van der Waals surface area (Å²) in [7, 11) is -3.49. The highest BCUT2D eigenvalue weighted by Crippen LogP contribution is 2.28. The molecule has 0 atom stereocenters. The molecular weight excluding hydrogens is 322 g/mol. The lowest BCUT2D eigenvalue weighted by Crippen LogP contribution is -2.35. The van der Waals surface area contributed by atoms with Crippen molar-refractivity contribution in [3.05, 3.63) is 59.2 Å². The quantitative estimate of drug-likeness (QED) is 0.852. The van der Waals surface area contributed by atoms with Crippen LogP contribution < -0.4 is 4.74 Å². The van der Waals surface area contributed by atoms with Crippen molar-refractivity contribution < 1.29 is 13.2 Å². The van der Waals surface area contributed by atoms with Crippen LogP contribution in [0.2, 0.25) is 0 Å². The van der Waals surface area contributed by atoms with Gasteiger partial charge < -0.3 is 4.74 Å². The van der Waals surface area contributed by atoms with E-state index in [9.17, 15) is 8.42 Å². The fourth-order valence-corrected chi connectivity index (χ4v) is 4.50. The number of sulfonamides is 1. The molecule has 0 aliphatic carbocycles. The summed E-state index contributed by atoms with van der Waals surface area (Å²) in [4.78, 5) is 0.329. The van der Waals surface area contributed by atoms with Crippen LogP contribution in [0.25, 0.3) is 0 Å². The summed E-state index contributed by atoms with van der Waals surface area (Å²) in [6.07, 6.45) is 0.813. The Morgan fingerprint density at radius 3 is 2.46 bits per heavy atom. The molecule has 0 bridgehead atoms. The molecule has 128 valence electrons.